The van der Waals surface area contributed by atoms with Crippen LogP contribution in [-0.2, 0) is 6.54 Å². The van der Waals surface area contributed by atoms with Crippen LogP contribution in [0.2, 0.25) is 10.0 Å². The number of rotatable bonds is 7. The van der Waals surface area contributed by atoms with Gasteiger partial charge in [0.05, 0.1) is 21.2 Å². The molecule has 6 nitrogen and oxygen atoms in total. The van der Waals surface area contributed by atoms with Crippen molar-refractivity contribution in [2.75, 3.05) is 18.4 Å². The fraction of sp³-hybridized carbons (Fsp3) is 0.185. The van der Waals surface area contributed by atoms with E-state index in [2.05, 4.69) is 5.32 Å². The minimum atomic E-state index is -0.518. The number of benzene rings is 3. The summed E-state index contributed by atoms with van der Waals surface area (Å²) in [6.45, 7) is 5.17. The number of nitrogens with one attached hydrogen (secondary N) is 1. The zero-order chi connectivity index (χ0) is 25.8. The van der Waals surface area contributed by atoms with Gasteiger partial charge in [0.25, 0.3) is 5.91 Å². The van der Waals surface area contributed by atoms with Gasteiger partial charge in [-0.2, -0.15) is 0 Å². The third-order valence-electron chi connectivity index (χ3n) is 5.82. The van der Waals surface area contributed by atoms with Crippen molar-refractivity contribution in [1.82, 2.24) is 9.47 Å². The van der Waals surface area contributed by atoms with E-state index < -0.39 is 12.0 Å². The highest BCUT2D eigenvalue weighted by molar-refractivity contribution is 6.42. The Hall–Kier alpha value is -3.55. The maximum atomic E-state index is 13.3. The lowest BCUT2D eigenvalue weighted by Crippen LogP contribution is -2.33. The molecule has 1 aromatic heterocycles. The molecule has 2 amide bonds. The zero-order valence-corrected chi connectivity index (χ0v) is 21.2. The van der Waals surface area contributed by atoms with Crippen molar-refractivity contribution in [3.8, 4) is 5.75 Å². The Bertz CT molecular complexity index is 1420. The van der Waals surface area contributed by atoms with Crippen LogP contribution in [0.15, 0.2) is 66.9 Å². The Balaban J connectivity index is 1.74. The highest BCUT2D eigenvalue weighted by atomic mass is 35.5. The lowest BCUT2D eigenvalue weighted by atomic mass is 10.1. The number of aromatic nitrogens is 1. The molecule has 4 rings (SSSR count). The molecule has 3 aromatic carbocycles. The molecule has 4 aromatic rings. The molecule has 0 aliphatic carbocycles. The van der Waals surface area contributed by atoms with Crippen molar-refractivity contribution in [3.63, 3.8) is 0 Å². The number of carbonyl (C=O) groups excluding carboxylic acids is 2. The van der Waals surface area contributed by atoms with Gasteiger partial charge in [0, 0.05) is 36.8 Å². The van der Waals surface area contributed by atoms with Gasteiger partial charge in [-0.3, -0.25) is 4.79 Å². The molecular formula is C27H24Cl2FN3O3. The Labute approximate surface area is 218 Å². The Morgan fingerprint density at radius 2 is 1.69 bits per heavy atom. The van der Waals surface area contributed by atoms with Crippen molar-refractivity contribution in [3.05, 3.63) is 93.8 Å². The number of anilines is 1. The van der Waals surface area contributed by atoms with Gasteiger partial charge in [-0.15, -0.1) is 0 Å². The van der Waals surface area contributed by atoms with Crippen molar-refractivity contribution in [2.45, 2.75) is 20.4 Å². The van der Waals surface area contributed by atoms with E-state index in [0.717, 1.165) is 11.1 Å². The molecule has 9 heteroatoms. The smallest absolute Gasteiger partial charge is 0.408 e. The third-order valence-corrected chi connectivity index (χ3v) is 6.56. The van der Waals surface area contributed by atoms with Gasteiger partial charge in [0.2, 0.25) is 0 Å². The summed E-state index contributed by atoms with van der Waals surface area (Å²) in [5.74, 6) is -0.525. The molecular weight excluding hydrogens is 504 g/mol. The number of amides is 2. The van der Waals surface area contributed by atoms with Gasteiger partial charge in [0.15, 0.2) is 5.75 Å². The van der Waals surface area contributed by atoms with E-state index in [-0.39, 0.29) is 16.6 Å². The minimum Gasteiger partial charge on any atom is -0.408 e. The second-order valence-corrected chi connectivity index (χ2v) is 8.88. The largest absolute Gasteiger partial charge is 0.415 e. The van der Waals surface area contributed by atoms with E-state index in [1.54, 1.807) is 30.3 Å². The van der Waals surface area contributed by atoms with Crippen LogP contribution in [0.4, 0.5) is 14.9 Å². The molecule has 1 heterocycles. The first kappa shape index (κ1) is 25.5. The fourth-order valence-corrected chi connectivity index (χ4v) is 4.15. The maximum absolute atomic E-state index is 13.3. The van der Waals surface area contributed by atoms with Crippen molar-refractivity contribution < 1.29 is 18.7 Å². The van der Waals surface area contributed by atoms with Crippen molar-refractivity contribution >= 4 is 51.8 Å². The molecule has 186 valence electrons. The van der Waals surface area contributed by atoms with Gasteiger partial charge in [-0.1, -0.05) is 35.3 Å². The number of hydrogen-bond acceptors (Lipinski definition) is 3. The van der Waals surface area contributed by atoms with E-state index in [4.69, 9.17) is 27.9 Å². The second-order valence-electron chi connectivity index (χ2n) is 8.06. The molecule has 0 spiro atoms. The minimum absolute atomic E-state index is 0.215. The predicted molar refractivity (Wildman–Crippen MR) is 141 cm³/mol. The van der Waals surface area contributed by atoms with Crippen molar-refractivity contribution in [1.29, 1.82) is 0 Å². The van der Waals surface area contributed by atoms with Gasteiger partial charge in [-0.25, -0.2) is 9.18 Å². The number of nitrogens with zero attached hydrogens (tertiary/aromatic N) is 2. The first-order valence-electron chi connectivity index (χ1n) is 11.4. The molecule has 0 atom stereocenters. The first-order chi connectivity index (χ1) is 17.3. The molecule has 0 unspecified atom stereocenters. The van der Waals surface area contributed by atoms with Crippen LogP contribution in [-0.4, -0.2) is 34.6 Å². The molecule has 0 aliphatic heterocycles. The monoisotopic (exact) mass is 527 g/mol. The van der Waals surface area contributed by atoms with Gasteiger partial charge in [-0.05, 0) is 67.9 Å². The summed E-state index contributed by atoms with van der Waals surface area (Å²) in [7, 11) is 0. The van der Waals surface area contributed by atoms with E-state index in [1.807, 2.05) is 36.7 Å². The summed E-state index contributed by atoms with van der Waals surface area (Å²) < 4.78 is 21.0. The lowest BCUT2D eigenvalue weighted by molar-refractivity contribution is 0.102. The van der Waals surface area contributed by atoms with Gasteiger partial charge in [0.1, 0.15) is 5.82 Å². The van der Waals surface area contributed by atoms with E-state index in [0.29, 0.717) is 41.3 Å². The highest BCUT2D eigenvalue weighted by Gasteiger charge is 2.20. The molecule has 0 radical (unpaired) electrons. The summed E-state index contributed by atoms with van der Waals surface area (Å²) >= 11 is 12.1. The van der Waals surface area contributed by atoms with Crippen LogP contribution in [0, 0.1) is 5.82 Å². The lowest BCUT2D eigenvalue weighted by Gasteiger charge is -2.20. The van der Waals surface area contributed by atoms with Gasteiger partial charge >= 0.3 is 6.09 Å². The Morgan fingerprint density at radius 3 is 2.36 bits per heavy atom. The molecule has 0 bridgehead atoms. The normalized spacial score (nSPS) is 10.9. The van der Waals surface area contributed by atoms with Crippen LogP contribution in [0.1, 0.15) is 29.8 Å². The number of halogens is 3. The van der Waals surface area contributed by atoms with Crippen LogP contribution in [0.5, 0.6) is 5.75 Å². The Kier molecular flexibility index (Phi) is 7.82. The Morgan fingerprint density at radius 1 is 0.972 bits per heavy atom. The van der Waals surface area contributed by atoms with Gasteiger partial charge < -0.3 is 19.5 Å². The molecule has 0 fully saturated rings. The third kappa shape index (κ3) is 5.48. The summed E-state index contributed by atoms with van der Waals surface area (Å²) in [5, 5.41) is 4.14. The zero-order valence-electron chi connectivity index (χ0n) is 19.7. The van der Waals surface area contributed by atoms with Crippen LogP contribution < -0.4 is 10.1 Å². The number of fused-ring (bicyclic) bond motifs is 1. The quantitative estimate of drug-likeness (QED) is 0.275. The molecule has 0 aliphatic rings. The number of hydrogen-bond donors (Lipinski definition) is 1. The average molecular weight is 528 g/mol. The molecule has 0 saturated heterocycles. The summed E-state index contributed by atoms with van der Waals surface area (Å²) in [5.41, 5.74) is 2.36. The van der Waals surface area contributed by atoms with Crippen molar-refractivity contribution in [2.24, 2.45) is 0 Å². The fourth-order valence-electron chi connectivity index (χ4n) is 3.85. The second kappa shape index (κ2) is 11.0. The molecule has 1 N–H and O–H groups in total. The van der Waals surface area contributed by atoms with E-state index in [1.165, 1.54) is 23.1 Å². The van der Waals surface area contributed by atoms with Crippen LogP contribution >= 0.6 is 23.2 Å². The SMILES string of the molecule is CCN(CC)C(=O)Oc1ccc2c(ccn2Cc2ccc(F)cc2)c1NC(=O)c1ccc(Cl)c(Cl)c1. The summed E-state index contributed by atoms with van der Waals surface area (Å²) in [4.78, 5) is 27.4. The van der Waals surface area contributed by atoms with E-state index >= 15 is 0 Å². The summed E-state index contributed by atoms with van der Waals surface area (Å²) in [6.07, 6.45) is 1.34. The number of carbonyl (C=O) groups is 2. The molecule has 0 saturated carbocycles. The van der Waals surface area contributed by atoms with E-state index in [9.17, 15) is 14.0 Å². The standard InChI is InChI=1S/C27H24Cl2FN3O3/c1-3-32(4-2)27(35)36-24-12-11-23-20(13-14-33(23)16-17-5-8-19(30)9-6-17)25(24)31-26(34)18-7-10-21(28)22(29)15-18/h5-15H,3-4,16H2,1-2H3,(H,31,34). The predicted octanol–water partition coefficient (Wildman–Crippen LogP) is 7.23. The average Bonchev–Trinajstić information content (AvgIpc) is 3.27. The maximum Gasteiger partial charge on any atom is 0.415 e. The summed E-state index contributed by atoms with van der Waals surface area (Å²) in [6, 6.07) is 16.1. The first-order valence-corrected chi connectivity index (χ1v) is 12.2. The van der Waals surface area contributed by atoms with Crippen LogP contribution in [0.25, 0.3) is 10.9 Å². The topological polar surface area (TPSA) is 63.6 Å². The highest BCUT2D eigenvalue weighted by Crippen LogP contribution is 2.35. The number of ether oxygens (including phenoxy) is 1. The molecule has 36 heavy (non-hydrogen) atoms. The van der Waals surface area contributed by atoms with Crippen LogP contribution in [0.3, 0.4) is 0 Å².